The van der Waals surface area contributed by atoms with E-state index in [1.165, 1.54) is 19.3 Å². The number of likely N-dealkylation sites (N-methyl/N-ethyl adjacent to an activating group) is 1. The quantitative estimate of drug-likeness (QED) is 0.487. The lowest BCUT2D eigenvalue weighted by molar-refractivity contribution is -0.126. The van der Waals surface area contributed by atoms with Crippen molar-refractivity contribution in [3.05, 3.63) is 53.5 Å². The number of carbonyl (C=O) groups is 1. The van der Waals surface area contributed by atoms with E-state index in [2.05, 4.69) is 36.4 Å². The van der Waals surface area contributed by atoms with Crippen LogP contribution in [-0.4, -0.2) is 86.3 Å². The van der Waals surface area contributed by atoms with Crippen molar-refractivity contribution in [3.8, 4) is 17.7 Å². The minimum atomic E-state index is -0.353. The molecule has 212 valence electrons. The van der Waals surface area contributed by atoms with Gasteiger partial charge in [-0.25, -0.2) is 9.37 Å². The number of anilines is 2. The van der Waals surface area contributed by atoms with Gasteiger partial charge in [0.05, 0.1) is 25.0 Å². The molecule has 2 atom stereocenters. The molecule has 1 aromatic carbocycles. The monoisotopic (exact) mass is 548 g/mol. The van der Waals surface area contributed by atoms with Gasteiger partial charge in [-0.05, 0) is 58.0 Å². The Morgan fingerprint density at radius 3 is 2.77 bits per heavy atom. The molecular formula is C30H37FN6O3. The van der Waals surface area contributed by atoms with Gasteiger partial charge in [-0.1, -0.05) is 12.6 Å². The fourth-order valence-corrected chi connectivity index (χ4v) is 6.20. The summed E-state index contributed by atoms with van der Waals surface area (Å²) in [5.74, 6) is 0.336. The van der Waals surface area contributed by atoms with Gasteiger partial charge < -0.3 is 29.1 Å². The molecule has 0 aliphatic carbocycles. The Balaban J connectivity index is 1.54. The molecule has 10 heteroatoms. The lowest BCUT2D eigenvalue weighted by Gasteiger charge is -2.43. The zero-order valence-electron chi connectivity index (χ0n) is 23.5. The van der Waals surface area contributed by atoms with Crippen LogP contribution in [0.1, 0.15) is 36.6 Å². The van der Waals surface area contributed by atoms with E-state index in [1.807, 2.05) is 4.90 Å². The molecular weight excluding hydrogens is 511 g/mol. The number of benzene rings is 1. The highest BCUT2D eigenvalue weighted by molar-refractivity contribution is 5.87. The second kappa shape index (κ2) is 11.7. The molecule has 3 aliphatic heterocycles. The molecule has 4 heterocycles. The van der Waals surface area contributed by atoms with Crippen LogP contribution in [0.2, 0.25) is 0 Å². The number of likely N-dealkylation sites (tertiary alicyclic amines) is 1. The average molecular weight is 549 g/mol. The van der Waals surface area contributed by atoms with Gasteiger partial charge in [0.2, 0.25) is 11.8 Å². The Kier molecular flexibility index (Phi) is 8.12. The van der Waals surface area contributed by atoms with Gasteiger partial charge in [0, 0.05) is 43.8 Å². The van der Waals surface area contributed by atoms with Crippen molar-refractivity contribution in [2.75, 3.05) is 63.3 Å². The lowest BCUT2D eigenvalue weighted by atomic mass is 9.96. The van der Waals surface area contributed by atoms with Crippen molar-refractivity contribution in [2.45, 2.75) is 44.8 Å². The normalized spacial score (nSPS) is 21.1. The zero-order valence-corrected chi connectivity index (χ0v) is 23.5. The molecule has 3 aliphatic rings. The summed E-state index contributed by atoms with van der Waals surface area (Å²) < 4.78 is 26.8. The highest BCUT2D eigenvalue weighted by Crippen LogP contribution is 2.41. The van der Waals surface area contributed by atoms with Crippen LogP contribution < -0.4 is 19.3 Å². The second-order valence-corrected chi connectivity index (χ2v) is 10.8. The number of methoxy groups -OCH3 is 1. The smallest absolute Gasteiger partial charge is 0.246 e. The summed E-state index contributed by atoms with van der Waals surface area (Å²) in [6.45, 7) is 9.67. The number of hydrogen-bond acceptors (Lipinski definition) is 8. The summed E-state index contributed by atoms with van der Waals surface area (Å²) in [6, 6.07) is 7.45. The van der Waals surface area contributed by atoms with Gasteiger partial charge in [-0.3, -0.25) is 4.79 Å². The molecule has 40 heavy (non-hydrogen) atoms. The van der Waals surface area contributed by atoms with Crippen molar-refractivity contribution in [1.29, 1.82) is 5.26 Å². The van der Waals surface area contributed by atoms with Gasteiger partial charge in [0.25, 0.3) is 0 Å². The first-order chi connectivity index (χ1) is 19.4. The molecule has 9 nitrogen and oxygen atoms in total. The van der Waals surface area contributed by atoms with Gasteiger partial charge in [-0.2, -0.15) is 5.26 Å². The molecule has 1 aromatic heterocycles. The molecule has 0 radical (unpaired) electrons. The molecule has 0 spiro atoms. The number of aromatic nitrogens is 1. The topological polar surface area (TPSA) is 85.2 Å². The van der Waals surface area contributed by atoms with Gasteiger partial charge >= 0.3 is 0 Å². The minimum absolute atomic E-state index is 0.0326. The molecule has 5 rings (SSSR count). The molecule has 2 saturated heterocycles. The maximum absolute atomic E-state index is 15.0. The van der Waals surface area contributed by atoms with Crippen LogP contribution in [-0.2, 0) is 17.8 Å². The molecule has 0 bridgehead atoms. The predicted octanol–water partition coefficient (Wildman–Crippen LogP) is 3.36. The number of pyridine rings is 1. The number of halogens is 1. The summed E-state index contributed by atoms with van der Waals surface area (Å²) in [7, 11) is 3.62. The standard InChI is InChI=1S/C30H37FN6O3/c1-5-27(38)35-14-15-37(20(2)17-35)28-22-11-13-36(29-24(31)9-6-10-26(29)39-4)18-25(22)33-30(23(28)16-32)40-19-21-8-7-12-34(21)3/h5-6,9-10,20-21H,1,7-8,11-15,17-19H2,2-4H3. The maximum Gasteiger partial charge on any atom is 0.246 e. The third-order valence-corrected chi connectivity index (χ3v) is 8.38. The zero-order chi connectivity index (χ0) is 28.4. The van der Waals surface area contributed by atoms with Crippen molar-refractivity contribution in [1.82, 2.24) is 14.8 Å². The van der Waals surface area contributed by atoms with E-state index < -0.39 is 0 Å². The summed E-state index contributed by atoms with van der Waals surface area (Å²) in [5.41, 5.74) is 3.39. The number of amides is 1. The van der Waals surface area contributed by atoms with Crippen LogP contribution >= 0.6 is 0 Å². The van der Waals surface area contributed by atoms with Gasteiger partial charge in [-0.15, -0.1) is 0 Å². The van der Waals surface area contributed by atoms with E-state index in [-0.39, 0.29) is 23.8 Å². The number of rotatable bonds is 7. The Labute approximate surface area is 235 Å². The number of piperazine rings is 1. The first-order valence-corrected chi connectivity index (χ1v) is 13.9. The first kappa shape index (κ1) is 27.7. The molecule has 1 amide bonds. The van der Waals surface area contributed by atoms with Crippen LogP contribution in [0.15, 0.2) is 30.9 Å². The Bertz CT molecular complexity index is 1330. The highest BCUT2D eigenvalue weighted by Gasteiger charge is 2.35. The van der Waals surface area contributed by atoms with Crippen LogP contribution in [0.25, 0.3) is 0 Å². The number of nitrogens with zero attached hydrogens (tertiary/aromatic N) is 6. The molecule has 0 N–H and O–H groups in total. The minimum Gasteiger partial charge on any atom is -0.494 e. The summed E-state index contributed by atoms with van der Waals surface area (Å²) in [5, 5.41) is 10.4. The van der Waals surface area contributed by atoms with Crippen LogP contribution in [0.3, 0.4) is 0 Å². The molecule has 0 saturated carbocycles. The predicted molar refractivity (Wildman–Crippen MR) is 151 cm³/mol. The Hall–Kier alpha value is -3.84. The summed E-state index contributed by atoms with van der Waals surface area (Å²) in [4.78, 5) is 25.4. The van der Waals surface area contributed by atoms with E-state index in [4.69, 9.17) is 14.5 Å². The van der Waals surface area contributed by atoms with Gasteiger partial charge in [0.15, 0.2) is 0 Å². The van der Waals surface area contributed by atoms with Crippen LogP contribution in [0.5, 0.6) is 11.6 Å². The number of ether oxygens (including phenoxy) is 2. The fraction of sp³-hybridized carbons (Fsp3) is 0.500. The number of hydrogen-bond donors (Lipinski definition) is 0. The summed E-state index contributed by atoms with van der Waals surface area (Å²) >= 11 is 0. The number of nitriles is 1. The van der Waals surface area contributed by atoms with Crippen molar-refractivity contribution < 1.29 is 18.7 Å². The molecule has 2 aromatic rings. The second-order valence-electron chi connectivity index (χ2n) is 10.8. The SMILES string of the molecule is C=CC(=O)N1CCN(c2c(C#N)c(OCC3CCCN3C)nc3c2CCN(c2c(F)cccc2OC)C3)C(C)C1. The van der Waals surface area contributed by atoms with Crippen molar-refractivity contribution >= 4 is 17.3 Å². The van der Waals surface area contributed by atoms with E-state index >= 15 is 4.39 Å². The third-order valence-electron chi connectivity index (χ3n) is 8.38. The fourth-order valence-electron chi connectivity index (χ4n) is 6.20. The van der Waals surface area contributed by atoms with Crippen molar-refractivity contribution in [3.63, 3.8) is 0 Å². The summed E-state index contributed by atoms with van der Waals surface area (Å²) in [6.07, 6.45) is 4.07. The lowest BCUT2D eigenvalue weighted by Crippen LogP contribution is -2.54. The first-order valence-electron chi connectivity index (χ1n) is 13.9. The number of para-hydroxylation sites is 1. The highest BCUT2D eigenvalue weighted by atomic mass is 19.1. The van der Waals surface area contributed by atoms with E-state index in [1.54, 1.807) is 17.0 Å². The number of carbonyl (C=O) groups excluding carboxylic acids is 1. The Morgan fingerprint density at radius 1 is 1.27 bits per heavy atom. The largest absolute Gasteiger partial charge is 0.494 e. The Morgan fingerprint density at radius 2 is 2.10 bits per heavy atom. The number of fused-ring (bicyclic) bond motifs is 1. The van der Waals surface area contributed by atoms with Gasteiger partial charge in [0.1, 0.15) is 35.5 Å². The maximum atomic E-state index is 15.0. The van der Waals surface area contributed by atoms with E-state index in [0.29, 0.717) is 68.6 Å². The van der Waals surface area contributed by atoms with E-state index in [0.717, 1.165) is 36.3 Å². The molecule has 2 fully saturated rings. The van der Waals surface area contributed by atoms with E-state index in [9.17, 15) is 10.1 Å². The molecule has 2 unspecified atom stereocenters. The van der Waals surface area contributed by atoms with Crippen LogP contribution in [0, 0.1) is 17.1 Å². The van der Waals surface area contributed by atoms with Crippen LogP contribution in [0.4, 0.5) is 15.8 Å². The van der Waals surface area contributed by atoms with Crippen molar-refractivity contribution in [2.24, 2.45) is 0 Å². The average Bonchev–Trinajstić information content (AvgIpc) is 3.38. The third kappa shape index (κ3) is 5.18.